The highest BCUT2D eigenvalue weighted by Gasteiger charge is 2.17. The van der Waals surface area contributed by atoms with Crippen molar-refractivity contribution in [1.82, 2.24) is 15.1 Å². The van der Waals surface area contributed by atoms with Crippen molar-refractivity contribution < 1.29 is 9.53 Å². The first-order valence-electron chi connectivity index (χ1n) is 8.06. The Labute approximate surface area is 133 Å². The predicted octanol–water partition coefficient (Wildman–Crippen LogP) is 0.991. The molecule has 22 heavy (non-hydrogen) atoms. The lowest BCUT2D eigenvalue weighted by molar-refractivity contribution is -0.122. The van der Waals surface area contributed by atoms with E-state index in [2.05, 4.69) is 22.0 Å². The van der Waals surface area contributed by atoms with Crippen LogP contribution >= 0.6 is 0 Å². The minimum atomic E-state index is 0.111. The number of benzene rings is 1. The Hall–Kier alpha value is -1.59. The molecule has 1 saturated heterocycles. The zero-order valence-electron chi connectivity index (χ0n) is 13.7. The Morgan fingerprint density at radius 2 is 1.86 bits per heavy atom. The van der Waals surface area contributed by atoms with E-state index in [1.165, 1.54) is 0 Å². The Bertz CT molecular complexity index is 471. The van der Waals surface area contributed by atoms with Crippen LogP contribution in [0.3, 0.4) is 0 Å². The molecule has 122 valence electrons. The second-order valence-corrected chi connectivity index (χ2v) is 5.62. The largest absolute Gasteiger partial charge is 0.496 e. The Balaban J connectivity index is 1.68. The third kappa shape index (κ3) is 5.00. The van der Waals surface area contributed by atoms with Crippen LogP contribution in [0.1, 0.15) is 12.5 Å². The number of ether oxygens (including phenoxy) is 1. The van der Waals surface area contributed by atoms with Crippen LogP contribution in [0.5, 0.6) is 5.75 Å². The molecular formula is C17H27N3O2. The van der Waals surface area contributed by atoms with Crippen molar-refractivity contribution in [3.63, 3.8) is 0 Å². The monoisotopic (exact) mass is 305 g/mol. The smallest absolute Gasteiger partial charge is 0.234 e. The maximum Gasteiger partial charge on any atom is 0.234 e. The van der Waals surface area contributed by atoms with E-state index in [9.17, 15) is 4.79 Å². The van der Waals surface area contributed by atoms with Gasteiger partial charge in [0.15, 0.2) is 0 Å². The lowest BCUT2D eigenvalue weighted by Gasteiger charge is -2.33. The lowest BCUT2D eigenvalue weighted by atomic mass is 10.1. The fourth-order valence-corrected chi connectivity index (χ4v) is 2.77. The van der Waals surface area contributed by atoms with Crippen LogP contribution in [0.2, 0.25) is 0 Å². The summed E-state index contributed by atoms with van der Waals surface area (Å²) in [5.41, 5.74) is 1.13. The molecule has 0 saturated carbocycles. The van der Waals surface area contributed by atoms with Crippen LogP contribution in [-0.2, 0) is 11.2 Å². The highest BCUT2D eigenvalue weighted by Crippen LogP contribution is 2.17. The number of carbonyl (C=O) groups is 1. The molecular weight excluding hydrogens is 278 g/mol. The molecule has 1 amide bonds. The number of methoxy groups -OCH3 is 1. The molecule has 0 bridgehead atoms. The molecule has 0 unspecified atom stereocenters. The van der Waals surface area contributed by atoms with Gasteiger partial charge in [-0.2, -0.15) is 0 Å². The number of rotatable bonds is 7. The van der Waals surface area contributed by atoms with Gasteiger partial charge < -0.3 is 15.0 Å². The van der Waals surface area contributed by atoms with Crippen molar-refractivity contribution in [2.45, 2.75) is 13.3 Å². The fourth-order valence-electron chi connectivity index (χ4n) is 2.77. The van der Waals surface area contributed by atoms with E-state index in [4.69, 9.17) is 4.74 Å². The van der Waals surface area contributed by atoms with Gasteiger partial charge in [0, 0.05) is 32.7 Å². The van der Waals surface area contributed by atoms with Crippen molar-refractivity contribution in [3.8, 4) is 5.75 Å². The summed E-state index contributed by atoms with van der Waals surface area (Å²) < 4.78 is 5.32. The first-order valence-corrected chi connectivity index (χ1v) is 8.06. The fraction of sp³-hybridized carbons (Fsp3) is 0.588. The number of amides is 1. The summed E-state index contributed by atoms with van der Waals surface area (Å²) in [6.45, 7) is 8.51. The molecule has 1 heterocycles. The summed E-state index contributed by atoms with van der Waals surface area (Å²) in [6, 6.07) is 7.93. The molecule has 1 fully saturated rings. The van der Waals surface area contributed by atoms with Gasteiger partial charge in [0.25, 0.3) is 0 Å². The van der Waals surface area contributed by atoms with Crippen LogP contribution in [0, 0.1) is 0 Å². The standard InChI is InChI=1S/C17H27N3O2/c1-3-19-10-12-20(13-11-19)14-17(21)18-9-8-15-6-4-5-7-16(15)22-2/h4-7H,3,8-14H2,1-2H3,(H,18,21). The number of nitrogens with one attached hydrogen (secondary N) is 1. The van der Waals surface area contributed by atoms with Gasteiger partial charge in [-0.1, -0.05) is 25.1 Å². The van der Waals surface area contributed by atoms with E-state index >= 15 is 0 Å². The number of piperazine rings is 1. The summed E-state index contributed by atoms with van der Waals surface area (Å²) in [4.78, 5) is 16.6. The molecule has 1 N–H and O–H groups in total. The molecule has 2 rings (SSSR count). The van der Waals surface area contributed by atoms with Crippen LogP contribution in [-0.4, -0.2) is 68.6 Å². The first-order chi connectivity index (χ1) is 10.7. The van der Waals surface area contributed by atoms with Crippen LogP contribution < -0.4 is 10.1 Å². The van der Waals surface area contributed by atoms with Crippen molar-refractivity contribution in [3.05, 3.63) is 29.8 Å². The molecule has 1 aromatic carbocycles. The molecule has 0 aromatic heterocycles. The highest BCUT2D eigenvalue weighted by molar-refractivity contribution is 5.78. The summed E-state index contributed by atoms with van der Waals surface area (Å²) in [5, 5.41) is 3.01. The van der Waals surface area contributed by atoms with E-state index in [0.29, 0.717) is 13.1 Å². The van der Waals surface area contributed by atoms with Gasteiger partial charge in [0.2, 0.25) is 5.91 Å². The summed E-state index contributed by atoms with van der Waals surface area (Å²) in [5.74, 6) is 0.993. The summed E-state index contributed by atoms with van der Waals surface area (Å²) >= 11 is 0. The molecule has 5 heteroatoms. The lowest BCUT2D eigenvalue weighted by Crippen LogP contribution is -2.49. The second-order valence-electron chi connectivity index (χ2n) is 5.62. The Morgan fingerprint density at radius 1 is 1.18 bits per heavy atom. The average molecular weight is 305 g/mol. The van der Waals surface area contributed by atoms with Crippen LogP contribution in [0.25, 0.3) is 0 Å². The van der Waals surface area contributed by atoms with Gasteiger partial charge in [-0.3, -0.25) is 9.69 Å². The minimum Gasteiger partial charge on any atom is -0.496 e. The molecule has 1 aliphatic rings. The third-order valence-corrected chi connectivity index (χ3v) is 4.19. The maximum absolute atomic E-state index is 12.0. The average Bonchev–Trinajstić information content (AvgIpc) is 2.56. The molecule has 0 radical (unpaired) electrons. The quantitative estimate of drug-likeness (QED) is 0.816. The van der Waals surface area contributed by atoms with Crippen molar-refractivity contribution in [2.75, 3.05) is 52.9 Å². The van der Waals surface area contributed by atoms with Crippen LogP contribution in [0.4, 0.5) is 0 Å². The van der Waals surface area contributed by atoms with Gasteiger partial charge >= 0.3 is 0 Å². The molecule has 0 aliphatic carbocycles. The summed E-state index contributed by atoms with van der Waals surface area (Å²) in [6.07, 6.45) is 0.791. The molecule has 5 nitrogen and oxygen atoms in total. The van der Waals surface area contributed by atoms with Crippen molar-refractivity contribution in [2.24, 2.45) is 0 Å². The van der Waals surface area contributed by atoms with E-state index in [1.54, 1.807) is 7.11 Å². The predicted molar refractivity (Wildman–Crippen MR) is 88.3 cm³/mol. The zero-order chi connectivity index (χ0) is 15.8. The Morgan fingerprint density at radius 3 is 2.55 bits per heavy atom. The normalized spacial score (nSPS) is 16.5. The van der Waals surface area contributed by atoms with E-state index in [-0.39, 0.29) is 5.91 Å². The molecule has 1 aliphatic heterocycles. The van der Waals surface area contributed by atoms with Gasteiger partial charge in [0.1, 0.15) is 5.75 Å². The van der Waals surface area contributed by atoms with Crippen LogP contribution in [0.15, 0.2) is 24.3 Å². The van der Waals surface area contributed by atoms with Gasteiger partial charge in [0.05, 0.1) is 13.7 Å². The van der Waals surface area contributed by atoms with Gasteiger partial charge in [-0.25, -0.2) is 0 Å². The third-order valence-electron chi connectivity index (χ3n) is 4.19. The second kappa shape index (κ2) is 8.76. The van der Waals surface area contributed by atoms with E-state index in [0.717, 1.165) is 50.5 Å². The number of para-hydroxylation sites is 1. The van der Waals surface area contributed by atoms with Crippen molar-refractivity contribution in [1.29, 1.82) is 0 Å². The topological polar surface area (TPSA) is 44.8 Å². The number of nitrogens with zero attached hydrogens (tertiary/aromatic N) is 2. The Kier molecular flexibility index (Phi) is 6.68. The molecule has 0 atom stereocenters. The SMILES string of the molecule is CCN1CCN(CC(=O)NCCc2ccccc2OC)CC1. The number of carbonyl (C=O) groups excluding carboxylic acids is 1. The van der Waals surface area contributed by atoms with E-state index < -0.39 is 0 Å². The number of hydrogen-bond acceptors (Lipinski definition) is 4. The maximum atomic E-state index is 12.0. The van der Waals surface area contributed by atoms with Gasteiger partial charge in [-0.15, -0.1) is 0 Å². The minimum absolute atomic E-state index is 0.111. The first kappa shape index (κ1) is 16.8. The molecule has 0 spiro atoms. The zero-order valence-corrected chi connectivity index (χ0v) is 13.7. The summed E-state index contributed by atoms with van der Waals surface area (Å²) in [7, 11) is 1.67. The highest BCUT2D eigenvalue weighted by atomic mass is 16.5. The van der Waals surface area contributed by atoms with Crippen molar-refractivity contribution >= 4 is 5.91 Å². The number of hydrogen-bond donors (Lipinski definition) is 1. The molecule has 1 aromatic rings. The number of likely N-dealkylation sites (N-methyl/N-ethyl adjacent to an activating group) is 1. The van der Waals surface area contributed by atoms with E-state index in [1.807, 2.05) is 24.3 Å². The van der Waals surface area contributed by atoms with Gasteiger partial charge in [-0.05, 0) is 24.6 Å².